The Morgan fingerprint density at radius 2 is 2.00 bits per heavy atom. The standard InChI is InChI=1S/C12H14N2O/c1-8-6-10(15-3)4-5-11(8)12-7-13-14-9(12)2/h4-7H,1-3H3,(H,13,14). The number of H-pyrrole nitrogens is 1. The minimum atomic E-state index is 0.886. The van der Waals surface area contributed by atoms with Crippen LogP contribution in [-0.2, 0) is 0 Å². The van der Waals surface area contributed by atoms with E-state index in [9.17, 15) is 0 Å². The lowest BCUT2D eigenvalue weighted by molar-refractivity contribution is 0.414. The SMILES string of the molecule is COc1ccc(-c2cn[nH]c2C)c(C)c1. The molecule has 0 unspecified atom stereocenters. The van der Waals surface area contributed by atoms with Gasteiger partial charge in [-0.05, 0) is 37.1 Å². The first-order valence-electron chi connectivity index (χ1n) is 4.87. The molecule has 78 valence electrons. The van der Waals surface area contributed by atoms with Crippen LogP contribution in [0.25, 0.3) is 11.1 Å². The van der Waals surface area contributed by atoms with E-state index in [2.05, 4.69) is 23.2 Å². The highest BCUT2D eigenvalue weighted by atomic mass is 16.5. The van der Waals surface area contributed by atoms with Gasteiger partial charge in [0.05, 0.1) is 13.3 Å². The summed E-state index contributed by atoms with van der Waals surface area (Å²) in [6.45, 7) is 4.09. The van der Waals surface area contributed by atoms with E-state index in [1.807, 2.05) is 25.3 Å². The Hall–Kier alpha value is -1.77. The van der Waals surface area contributed by atoms with Crippen molar-refractivity contribution in [1.29, 1.82) is 0 Å². The molecular formula is C12H14N2O. The molecule has 0 spiro atoms. The van der Waals surface area contributed by atoms with Crippen LogP contribution in [0.5, 0.6) is 5.75 Å². The normalized spacial score (nSPS) is 10.3. The fourth-order valence-electron chi connectivity index (χ4n) is 1.69. The average Bonchev–Trinajstić information content (AvgIpc) is 2.64. The number of aryl methyl sites for hydroxylation is 2. The fraction of sp³-hybridized carbons (Fsp3) is 0.250. The largest absolute Gasteiger partial charge is 0.497 e. The summed E-state index contributed by atoms with van der Waals surface area (Å²) in [4.78, 5) is 0. The van der Waals surface area contributed by atoms with E-state index in [4.69, 9.17) is 4.74 Å². The molecule has 1 aromatic carbocycles. The van der Waals surface area contributed by atoms with Crippen LogP contribution in [-0.4, -0.2) is 17.3 Å². The topological polar surface area (TPSA) is 37.9 Å². The fourth-order valence-corrected chi connectivity index (χ4v) is 1.69. The maximum absolute atomic E-state index is 5.17. The molecule has 0 aliphatic heterocycles. The van der Waals surface area contributed by atoms with Gasteiger partial charge >= 0.3 is 0 Å². The quantitative estimate of drug-likeness (QED) is 0.813. The zero-order valence-corrected chi connectivity index (χ0v) is 9.16. The van der Waals surface area contributed by atoms with Crippen LogP contribution in [0.3, 0.4) is 0 Å². The van der Waals surface area contributed by atoms with Gasteiger partial charge in [0.1, 0.15) is 5.75 Å². The molecule has 1 heterocycles. The zero-order chi connectivity index (χ0) is 10.8. The van der Waals surface area contributed by atoms with Crippen molar-refractivity contribution in [1.82, 2.24) is 10.2 Å². The number of methoxy groups -OCH3 is 1. The molecule has 0 radical (unpaired) electrons. The lowest BCUT2D eigenvalue weighted by Crippen LogP contribution is -1.87. The van der Waals surface area contributed by atoms with Gasteiger partial charge < -0.3 is 4.74 Å². The van der Waals surface area contributed by atoms with Crippen molar-refractivity contribution in [3.63, 3.8) is 0 Å². The molecule has 0 atom stereocenters. The van der Waals surface area contributed by atoms with Crippen LogP contribution in [0.4, 0.5) is 0 Å². The van der Waals surface area contributed by atoms with Crippen LogP contribution >= 0.6 is 0 Å². The third kappa shape index (κ3) is 1.73. The second kappa shape index (κ2) is 3.77. The first-order valence-corrected chi connectivity index (χ1v) is 4.87. The highest BCUT2D eigenvalue weighted by Gasteiger charge is 2.07. The third-order valence-corrected chi connectivity index (χ3v) is 2.55. The summed E-state index contributed by atoms with van der Waals surface area (Å²) in [6.07, 6.45) is 1.85. The van der Waals surface area contributed by atoms with Gasteiger partial charge in [0, 0.05) is 11.3 Å². The van der Waals surface area contributed by atoms with Gasteiger partial charge in [0.2, 0.25) is 0 Å². The van der Waals surface area contributed by atoms with E-state index in [0.717, 1.165) is 17.0 Å². The molecule has 1 aromatic heterocycles. The molecule has 0 aliphatic carbocycles. The summed E-state index contributed by atoms with van der Waals surface area (Å²) >= 11 is 0. The minimum Gasteiger partial charge on any atom is -0.497 e. The van der Waals surface area contributed by atoms with Crippen molar-refractivity contribution >= 4 is 0 Å². The van der Waals surface area contributed by atoms with Crippen molar-refractivity contribution in [2.45, 2.75) is 13.8 Å². The van der Waals surface area contributed by atoms with Crippen LogP contribution in [0.2, 0.25) is 0 Å². The average molecular weight is 202 g/mol. The maximum Gasteiger partial charge on any atom is 0.119 e. The Bertz CT molecular complexity index is 474. The minimum absolute atomic E-state index is 0.886. The van der Waals surface area contributed by atoms with E-state index in [1.165, 1.54) is 11.1 Å². The number of nitrogens with zero attached hydrogens (tertiary/aromatic N) is 1. The van der Waals surface area contributed by atoms with E-state index >= 15 is 0 Å². The number of aromatic amines is 1. The van der Waals surface area contributed by atoms with Crippen molar-refractivity contribution < 1.29 is 4.74 Å². The first kappa shape index (κ1) is 9.77. The van der Waals surface area contributed by atoms with Gasteiger partial charge in [-0.3, -0.25) is 5.10 Å². The van der Waals surface area contributed by atoms with Crippen molar-refractivity contribution in [3.8, 4) is 16.9 Å². The highest BCUT2D eigenvalue weighted by Crippen LogP contribution is 2.27. The molecule has 0 saturated heterocycles. The van der Waals surface area contributed by atoms with Crippen LogP contribution in [0.1, 0.15) is 11.3 Å². The maximum atomic E-state index is 5.17. The molecule has 3 nitrogen and oxygen atoms in total. The summed E-state index contributed by atoms with van der Waals surface area (Å²) in [5, 5.41) is 6.97. The molecular weight excluding hydrogens is 188 g/mol. The highest BCUT2D eigenvalue weighted by molar-refractivity contribution is 5.69. The molecule has 0 aliphatic rings. The predicted molar refractivity (Wildman–Crippen MR) is 60.0 cm³/mol. The van der Waals surface area contributed by atoms with Crippen LogP contribution < -0.4 is 4.74 Å². The van der Waals surface area contributed by atoms with Gasteiger partial charge in [0.25, 0.3) is 0 Å². The van der Waals surface area contributed by atoms with Gasteiger partial charge in [-0.25, -0.2) is 0 Å². The molecule has 1 N–H and O–H groups in total. The number of hydrogen-bond donors (Lipinski definition) is 1. The third-order valence-electron chi connectivity index (χ3n) is 2.55. The summed E-state index contributed by atoms with van der Waals surface area (Å²) in [5.74, 6) is 0.886. The Labute approximate surface area is 89.1 Å². The molecule has 3 heteroatoms. The number of rotatable bonds is 2. The predicted octanol–water partition coefficient (Wildman–Crippen LogP) is 2.70. The molecule has 0 amide bonds. The van der Waals surface area contributed by atoms with E-state index in [0.29, 0.717) is 0 Å². The number of benzene rings is 1. The monoisotopic (exact) mass is 202 g/mol. The Morgan fingerprint density at radius 1 is 1.20 bits per heavy atom. The molecule has 2 rings (SSSR count). The zero-order valence-electron chi connectivity index (χ0n) is 9.16. The van der Waals surface area contributed by atoms with Gasteiger partial charge in [0.15, 0.2) is 0 Å². The second-order valence-electron chi connectivity index (χ2n) is 3.59. The number of aromatic nitrogens is 2. The van der Waals surface area contributed by atoms with Crippen LogP contribution in [0.15, 0.2) is 24.4 Å². The lowest BCUT2D eigenvalue weighted by Gasteiger charge is -2.06. The second-order valence-corrected chi connectivity index (χ2v) is 3.59. The van der Waals surface area contributed by atoms with Gasteiger partial charge in [-0.15, -0.1) is 0 Å². The van der Waals surface area contributed by atoms with Gasteiger partial charge in [-0.2, -0.15) is 5.10 Å². The Morgan fingerprint density at radius 3 is 2.53 bits per heavy atom. The van der Waals surface area contributed by atoms with E-state index in [1.54, 1.807) is 7.11 Å². The smallest absolute Gasteiger partial charge is 0.119 e. The lowest BCUT2D eigenvalue weighted by atomic mass is 10.0. The van der Waals surface area contributed by atoms with E-state index in [-0.39, 0.29) is 0 Å². The van der Waals surface area contributed by atoms with Crippen LogP contribution in [0, 0.1) is 13.8 Å². The van der Waals surface area contributed by atoms with Gasteiger partial charge in [-0.1, -0.05) is 6.07 Å². The molecule has 0 fully saturated rings. The summed E-state index contributed by atoms with van der Waals surface area (Å²) < 4.78 is 5.17. The number of ether oxygens (including phenoxy) is 1. The molecule has 15 heavy (non-hydrogen) atoms. The molecule has 0 saturated carbocycles. The van der Waals surface area contributed by atoms with Crippen molar-refractivity contribution in [3.05, 3.63) is 35.7 Å². The number of nitrogens with one attached hydrogen (secondary N) is 1. The van der Waals surface area contributed by atoms with E-state index < -0.39 is 0 Å². The van der Waals surface area contributed by atoms with Crippen molar-refractivity contribution in [2.75, 3.05) is 7.11 Å². The summed E-state index contributed by atoms with van der Waals surface area (Å²) in [6, 6.07) is 6.06. The molecule has 2 aromatic rings. The summed E-state index contributed by atoms with van der Waals surface area (Å²) in [7, 11) is 1.68. The molecule has 0 bridgehead atoms. The first-order chi connectivity index (χ1) is 7.22. The Kier molecular flexibility index (Phi) is 2.46. The Balaban J connectivity index is 2.50. The number of hydrogen-bond acceptors (Lipinski definition) is 2. The summed E-state index contributed by atoms with van der Waals surface area (Å²) in [5.41, 5.74) is 4.62. The van der Waals surface area contributed by atoms with Crippen molar-refractivity contribution in [2.24, 2.45) is 0 Å².